The monoisotopic (exact) mass is 471 g/mol. The van der Waals surface area contributed by atoms with Crippen LogP contribution < -0.4 is 4.74 Å². The zero-order valence-electron chi connectivity index (χ0n) is 12.0. The molecular formula is C16H17INO2Y-. The van der Waals surface area contributed by atoms with Crippen LogP contribution in [0.4, 0.5) is 0 Å². The fourth-order valence-electron chi connectivity index (χ4n) is 2.08. The van der Waals surface area contributed by atoms with E-state index in [0.717, 1.165) is 17.0 Å². The Morgan fingerprint density at radius 1 is 1.48 bits per heavy atom. The molecule has 21 heavy (non-hydrogen) atoms. The van der Waals surface area contributed by atoms with Gasteiger partial charge in [0, 0.05) is 39.3 Å². The number of ether oxygens (including phenoxy) is 1. The van der Waals surface area contributed by atoms with Gasteiger partial charge in [0.25, 0.3) is 0 Å². The van der Waals surface area contributed by atoms with E-state index in [0.29, 0.717) is 19.6 Å². The first-order valence-electron chi connectivity index (χ1n) is 6.57. The fourth-order valence-corrected chi connectivity index (χ4v) is 2.64. The number of halogens is 1. The van der Waals surface area contributed by atoms with Crippen LogP contribution in [0.15, 0.2) is 36.9 Å². The Balaban J connectivity index is 0.00000220. The molecule has 0 fully saturated rings. The van der Waals surface area contributed by atoms with Crippen molar-refractivity contribution in [1.82, 2.24) is 4.90 Å². The molecule has 0 bridgehead atoms. The van der Waals surface area contributed by atoms with Crippen molar-refractivity contribution in [3.05, 3.63) is 48.6 Å². The molecule has 1 unspecified atom stereocenters. The third-order valence-corrected chi connectivity index (χ3v) is 4.04. The van der Waals surface area contributed by atoms with Crippen molar-refractivity contribution in [1.29, 1.82) is 0 Å². The quantitative estimate of drug-likeness (QED) is 0.285. The number of nitrogens with zero attached hydrogens (tertiary/aromatic N) is 1. The van der Waals surface area contributed by atoms with E-state index < -0.39 is 0 Å². The minimum absolute atomic E-state index is 0. The SMILES string of the molecule is C=CCOc1ccc(C2=[C-]CC(I)C(=O)N2CC)cc1.[Y]. The van der Waals surface area contributed by atoms with E-state index in [9.17, 15) is 4.79 Å². The van der Waals surface area contributed by atoms with Crippen LogP contribution in [0.3, 0.4) is 0 Å². The van der Waals surface area contributed by atoms with Gasteiger partial charge < -0.3 is 9.64 Å². The van der Waals surface area contributed by atoms with E-state index >= 15 is 0 Å². The normalized spacial score (nSPS) is 17.8. The van der Waals surface area contributed by atoms with Gasteiger partial charge in [-0.25, -0.2) is 6.08 Å². The third kappa shape index (κ3) is 4.63. The van der Waals surface area contributed by atoms with Crippen molar-refractivity contribution in [3.63, 3.8) is 0 Å². The molecule has 3 nitrogen and oxygen atoms in total. The van der Waals surface area contributed by atoms with Gasteiger partial charge in [0.1, 0.15) is 12.4 Å². The van der Waals surface area contributed by atoms with Gasteiger partial charge in [-0.15, -0.1) is 17.8 Å². The number of amides is 1. The first kappa shape index (κ1) is 18.9. The van der Waals surface area contributed by atoms with Gasteiger partial charge in [0.2, 0.25) is 5.91 Å². The van der Waals surface area contributed by atoms with E-state index in [2.05, 4.69) is 35.2 Å². The van der Waals surface area contributed by atoms with E-state index in [1.807, 2.05) is 31.2 Å². The van der Waals surface area contributed by atoms with Crippen molar-refractivity contribution < 1.29 is 42.2 Å². The maximum Gasteiger partial charge on any atom is 0.235 e. The summed E-state index contributed by atoms with van der Waals surface area (Å²) in [7, 11) is 0. The summed E-state index contributed by atoms with van der Waals surface area (Å²) < 4.78 is 5.45. The molecule has 0 saturated carbocycles. The Kier molecular flexibility index (Phi) is 8.13. The van der Waals surface area contributed by atoms with Gasteiger partial charge in [-0.1, -0.05) is 41.7 Å². The average Bonchev–Trinajstić information content (AvgIpc) is 2.48. The van der Waals surface area contributed by atoms with Crippen molar-refractivity contribution >= 4 is 34.2 Å². The van der Waals surface area contributed by atoms with Gasteiger partial charge in [-0.05, 0) is 19.1 Å². The molecule has 0 aliphatic carbocycles. The molecule has 1 heterocycles. The zero-order valence-corrected chi connectivity index (χ0v) is 17.0. The summed E-state index contributed by atoms with van der Waals surface area (Å²) in [5.41, 5.74) is 1.87. The molecule has 0 spiro atoms. The standard InChI is InChI=1S/C16H17INO2.Y/c1-3-11-20-13-7-5-12(6-8-13)15-10-9-14(17)16(19)18(15)4-2;/h3,5-8,14H,1,4,9,11H2,2H3;/q-1;. The Bertz CT molecular complexity index is 528. The molecular weight excluding hydrogens is 454 g/mol. The summed E-state index contributed by atoms with van der Waals surface area (Å²) in [5, 5.41) is 0. The predicted octanol–water partition coefficient (Wildman–Crippen LogP) is 3.45. The molecule has 1 aliphatic rings. The van der Waals surface area contributed by atoms with Crippen LogP contribution in [0.5, 0.6) is 5.75 Å². The van der Waals surface area contributed by atoms with Crippen LogP contribution in [-0.4, -0.2) is 27.9 Å². The Hall–Kier alpha value is -0.196. The molecule has 2 rings (SSSR count). The zero-order chi connectivity index (χ0) is 14.5. The van der Waals surface area contributed by atoms with Crippen LogP contribution in [0.1, 0.15) is 18.9 Å². The van der Waals surface area contributed by atoms with Crippen molar-refractivity contribution in [3.8, 4) is 5.75 Å². The Morgan fingerprint density at radius 2 is 2.14 bits per heavy atom. The number of hydrogen-bond acceptors (Lipinski definition) is 2. The topological polar surface area (TPSA) is 29.5 Å². The second-order valence-electron chi connectivity index (χ2n) is 4.40. The van der Waals surface area contributed by atoms with Crippen LogP contribution in [0, 0.1) is 6.08 Å². The molecule has 1 radical (unpaired) electrons. The number of benzene rings is 1. The summed E-state index contributed by atoms with van der Waals surface area (Å²) >= 11 is 2.17. The van der Waals surface area contributed by atoms with Gasteiger partial charge >= 0.3 is 0 Å². The maximum atomic E-state index is 12.2. The Morgan fingerprint density at radius 3 is 2.71 bits per heavy atom. The van der Waals surface area contributed by atoms with Gasteiger partial charge in [-0.3, -0.25) is 4.79 Å². The predicted molar refractivity (Wildman–Crippen MR) is 88.6 cm³/mol. The minimum atomic E-state index is -0.00787. The van der Waals surface area contributed by atoms with Crippen LogP contribution >= 0.6 is 22.6 Å². The molecule has 0 saturated heterocycles. The largest absolute Gasteiger partial charge is 0.490 e. The number of alkyl halides is 1. The number of rotatable bonds is 5. The first-order chi connectivity index (χ1) is 9.67. The molecule has 1 aromatic rings. The summed E-state index contributed by atoms with van der Waals surface area (Å²) in [5.74, 6) is 0.958. The van der Waals surface area contributed by atoms with Crippen LogP contribution in [0.25, 0.3) is 5.70 Å². The maximum absolute atomic E-state index is 12.2. The number of allylic oxidation sites excluding steroid dienone is 1. The summed E-state index contributed by atoms with van der Waals surface area (Å²) in [4.78, 5) is 14.0. The number of carbonyl (C=O) groups excluding carboxylic acids is 1. The van der Waals surface area contributed by atoms with Crippen molar-refractivity contribution in [2.24, 2.45) is 0 Å². The molecule has 109 valence electrons. The number of hydrogen-bond donors (Lipinski definition) is 0. The van der Waals surface area contributed by atoms with Crippen molar-refractivity contribution in [2.45, 2.75) is 17.3 Å². The van der Waals surface area contributed by atoms with Gasteiger partial charge in [0.15, 0.2) is 0 Å². The molecule has 1 atom stereocenters. The summed E-state index contributed by atoms with van der Waals surface area (Å²) in [6.45, 7) is 6.75. The smallest absolute Gasteiger partial charge is 0.235 e. The van der Waals surface area contributed by atoms with E-state index in [1.165, 1.54) is 0 Å². The molecule has 1 amide bonds. The average molecular weight is 471 g/mol. The second-order valence-corrected chi connectivity index (χ2v) is 5.91. The summed E-state index contributed by atoms with van der Waals surface area (Å²) in [6, 6.07) is 7.73. The van der Waals surface area contributed by atoms with Gasteiger partial charge in [0.05, 0.1) is 3.92 Å². The molecule has 1 aliphatic heterocycles. The minimum Gasteiger partial charge on any atom is -0.490 e. The third-order valence-electron chi connectivity index (χ3n) is 3.06. The molecule has 0 aromatic heterocycles. The van der Waals surface area contributed by atoms with E-state index in [-0.39, 0.29) is 42.5 Å². The fraction of sp³-hybridized carbons (Fsp3) is 0.312. The van der Waals surface area contributed by atoms with E-state index in [1.54, 1.807) is 11.0 Å². The molecule has 1 aromatic carbocycles. The molecule has 0 N–H and O–H groups in total. The second kappa shape index (κ2) is 9.06. The number of carbonyl (C=O) groups is 1. The van der Waals surface area contributed by atoms with Crippen LogP contribution in [0.2, 0.25) is 0 Å². The van der Waals surface area contributed by atoms with Crippen molar-refractivity contribution in [2.75, 3.05) is 13.2 Å². The summed E-state index contributed by atoms with van der Waals surface area (Å²) in [6.07, 6.45) is 5.71. The molecule has 5 heteroatoms. The van der Waals surface area contributed by atoms with Gasteiger partial charge in [-0.2, -0.15) is 5.56 Å². The first-order valence-corrected chi connectivity index (χ1v) is 7.82. The van der Waals surface area contributed by atoms with E-state index in [4.69, 9.17) is 4.74 Å². The Labute approximate surface area is 164 Å². The van der Waals surface area contributed by atoms with Crippen LogP contribution in [-0.2, 0) is 37.5 Å².